The van der Waals surface area contributed by atoms with E-state index in [1.54, 1.807) is 26.8 Å². The SMILES string of the molecule is C=C(NC(=O)C(=C)NC(=O)c1csc(C2=N[C@@H]3c4csc(n4)[C@H]4NC(=O)c5csc(n5)[C@@H]([C@@](C)(O)[C@@H](C)O)NC(=O)[C@H]5CSC(=N5)C(=CC)NC(=O)[C@@H]([C@@H](C)O)NC(=O)c5csc(n5)[C@@]3(CC2)NC(=O)[C@@H](C)NC(=O)C(=C)NC(=O)[C@@H](C)NC(=O)[C@H]([C@H](C)CC)N[C@@H]2C=Cc3c([C@H](C)O)cc(nc3[C@@H]2O)C(=O)O[C@@H]4C)n1)C(N)=O. The number of thiazole rings is 4. The molecule has 606 valence electrons. The van der Waals surface area contributed by atoms with Gasteiger partial charge < -0.3 is 89.2 Å². The fourth-order valence-electron chi connectivity index (χ4n) is 12.3. The number of fused-ring (bicyclic) bond motifs is 7. The number of hydrogen-bond acceptors (Lipinski definition) is 31. The molecule has 0 unspecified atom stereocenters. The second kappa shape index (κ2) is 35.5. The Morgan fingerprint density at radius 1 is 0.763 bits per heavy atom. The Kier molecular flexibility index (Phi) is 26.7. The van der Waals surface area contributed by atoms with Crippen LogP contribution >= 0.6 is 57.1 Å². The predicted molar refractivity (Wildman–Crippen MR) is 418 cm³/mol. The van der Waals surface area contributed by atoms with Crippen LogP contribution in [0.2, 0.25) is 0 Å². The average Bonchev–Trinajstić information content (AvgIpc) is 1.50. The van der Waals surface area contributed by atoms with Crippen molar-refractivity contribution in [3.05, 3.63) is 148 Å². The third-order valence-electron chi connectivity index (χ3n) is 19.5. The maximum atomic E-state index is 15.4. The molecule has 37 nitrogen and oxygen atoms in total. The molecule has 42 heteroatoms. The van der Waals surface area contributed by atoms with Crippen LogP contribution < -0.4 is 64.2 Å². The highest BCUT2D eigenvalue weighted by Crippen LogP contribution is 2.48. The number of ether oxygens (including phenoxy) is 1. The lowest BCUT2D eigenvalue weighted by Gasteiger charge is -2.41. The van der Waals surface area contributed by atoms with Crippen LogP contribution in [0.1, 0.15) is 203 Å². The number of primary amides is 1. The Morgan fingerprint density at radius 3 is 2.12 bits per heavy atom. The van der Waals surface area contributed by atoms with E-state index in [-0.39, 0.29) is 94.7 Å². The lowest BCUT2D eigenvalue weighted by Crippen LogP contribution is -2.57. The van der Waals surface area contributed by atoms with Crippen molar-refractivity contribution in [2.45, 2.75) is 185 Å². The molecule has 0 radical (unpaired) electrons. The van der Waals surface area contributed by atoms with Gasteiger partial charge in [-0.2, -0.15) is 0 Å². The summed E-state index contributed by atoms with van der Waals surface area (Å²) in [4.78, 5) is 204. The van der Waals surface area contributed by atoms with Gasteiger partial charge in [0.1, 0.15) is 113 Å². The Bertz CT molecular complexity index is 4880. The number of rotatable bonds is 12. The molecule has 0 spiro atoms. The second-order valence-corrected chi connectivity index (χ2v) is 32.3. The Labute approximate surface area is 671 Å². The molecule has 5 aliphatic rings. The van der Waals surface area contributed by atoms with Gasteiger partial charge in [-0.05, 0) is 85.8 Å². The van der Waals surface area contributed by atoms with E-state index >= 15 is 14.4 Å². The molecule has 10 rings (SSSR count). The number of nitrogens with two attached hydrogens (primary N) is 1. The number of allylic oxidation sites excluding steroid dienone is 1. The number of cyclic esters (lactones) is 1. The van der Waals surface area contributed by atoms with E-state index in [0.717, 1.165) is 57.1 Å². The van der Waals surface area contributed by atoms with E-state index < -0.39 is 196 Å². The Balaban J connectivity index is 1.18. The predicted octanol–water partition coefficient (Wildman–Crippen LogP) is 0.774. The van der Waals surface area contributed by atoms with Crippen LogP contribution in [0.3, 0.4) is 0 Å². The van der Waals surface area contributed by atoms with E-state index in [1.165, 1.54) is 88.2 Å². The standard InChI is InChI=1S/C72H85N19O18S5/c1-14-26(3)47-63(105)78-30(7)57(99)75-28(5)56(98)76-31(8)58(100)91-72-19-18-40(66-85-43(22-111-66)59(101)77-29(6)55(97)74-27(4)54(73)96)81-52(72)42-21-112-67(83-42)49(34(11)109-69(107)41-20-37(32(9)92)36-16-17-39(79-47)51(95)50(36)80-41)89-60(102)44-24-113-68(86-44)53(71(13,108)35(12)94)90-62(104)45-23-110-65(84-45)38(15-2)82-64(106)48(33(10)93)88-61(103)46-25-114-70(72)87-46/h15-17,20-22,24-26,30-35,39,45,47-49,51-53,79,92-95,108H,4-6,14,18-19,23H2,1-3,7-13H3,(H2,73,96)(H,74,97)(H,75,99)(H,76,98)(H,77,101)(H,78,105)(H,82,106)(H,88,103)(H,89,102)(H,90,104)(H,91,100)/t26-,30-,31-,32+,33-,34-,35-,39-,45-,47+,48-,49+,51-,52-,53+,71+,72+/m1/s1. The first-order valence-corrected chi connectivity index (χ1v) is 40.1. The number of aliphatic hydroxyl groups is 5. The molecule has 4 aliphatic heterocycles. The smallest absolute Gasteiger partial charge is 0.357 e. The van der Waals surface area contributed by atoms with Crippen LogP contribution in [0.25, 0.3) is 6.08 Å². The van der Waals surface area contributed by atoms with Gasteiger partial charge in [-0.1, -0.05) is 58.2 Å². The second-order valence-electron chi connectivity index (χ2n) is 27.8. The number of amides is 11. The Morgan fingerprint density at radius 2 is 1.45 bits per heavy atom. The van der Waals surface area contributed by atoms with E-state index in [4.69, 9.17) is 25.4 Å². The summed E-state index contributed by atoms with van der Waals surface area (Å²) < 4.78 is 6.26. The van der Waals surface area contributed by atoms with Gasteiger partial charge in [0.05, 0.1) is 70.3 Å². The molecule has 5 aromatic rings. The number of thioether (sulfide) groups is 1. The molecule has 9 heterocycles. The molecule has 0 aromatic carbocycles. The topological polar surface area (TPSA) is 563 Å². The first-order valence-electron chi connectivity index (χ1n) is 35.6. The number of pyridine rings is 1. The lowest BCUT2D eigenvalue weighted by molar-refractivity contribution is -0.131. The highest BCUT2D eigenvalue weighted by Gasteiger charge is 2.51. The van der Waals surface area contributed by atoms with Crippen molar-refractivity contribution in [1.82, 2.24) is 83.4 Å². The summed E-state index contributed by atoms with van der Waals surface area (Å²) in [5.41, 5.74) is -1.79. The van der Waals surface area contributed by atoms with Crippen molar-refractivity contribution in [3.63, 3.8) is 0 Å². The fourth-order valence-corrected chi connectivity index (χ4v) is 17.2. The molecule has 18 N–H and O–H groups in total. The van der Waals surface area contributed by atoms with Crippen LogP contribution in [0.4, 0.5) is 0 Å². The number of carbonyl (C=O) groups excluding carboxylic acids is 12. The van der Waals surface area contributed by atoms with Crippen LogP contribution in [-0.4, -0.2) is 198 Å². The van der Waals surface area contributed by atoms with Gasteiger partial charge in [0.15, 0.2) is 0 Å². The molecule has 11 amide bonds. The molecule has 0 saturated carbocycles. The van der Waals surface area contributed by atoms with Crippen molar-refractivity contribution < 1.29 is 87.8 Å². The highest BCUT2D eigenvalue weighted by atomic mass is 32.2. The van der Waals surface area contributed by atoms with Crippen molar-refractivity contribution in [2.24, 2.45) is 21.6 Å². The zero-order chi connectivity index (χ0) is 83.4. The summed E-state index contributed by atoms with van der Waals surface area (Å²) in [6.07, 6.45) is -3.18. The largest absolute Gasteiger partial charge is 0.455 e. The number of nitrogens with one attached hydrogen (secondary N) is 11. The van der Waals surface area contributed by atoms with Crippen molar-refractivity contribution >= 4 is 145 Å². The molecule has 1 aliphatic carbocycles. The molecule has 17 atom stereocenters. The third kappa shape index (κ3) is 18.6. The maximum Gasteiger partial charge on any atom is 0.357 e. The first-order chi connectivity index (χ1) is 53.7. The van der Waals surface area contributed by atoms with Gasteiger partial charge in [-0.25, -0.2) is 29.7 Å². The number of hydrogen-bond donors (Lipinski definition) is 17. The van der Waals surface area contributed by atoms with Crippen LogP contribution in [-0.2, 0) is 48.6 Å². The third-order valence-corrected chi connectivity index (χ3v) is 24.3. The minimum Gasteiger partial charge on any atom is -0.455 e. The van der Waals surface area contributed by atoms with Gasteiger partial charge in [0.25, 0.3) is 35.4 Å². The van der Waals surface area contributed by atoms with Crippen LogP contribution in [0, 0.1) is 5.92 Å². The van der Waals surface area contributed by atoms with E-state index in [2.05, 4.69) is 98.2 Å². The van der Waals surface area contributed by atoms with Crippen LogP contribution in [0.15, 0.2) is 92.2 Å². The summed E-state index contributed by atoms with van der Waals surface area (Å²) in [5, 5.41) is 92.2. The number of aliphatic hydroxyl groups excluding tert-OH is 4. The minimum absolute atomic E-state index is 0.0158. The lowest BCUT2D eigenvalue weighted by atomic mass is 9.80. The highest BCUT2D eigenvalue weighted by molar-refractivity contribution is 8.14. The summed E-state index contributed by atoms with van der Waals surface area (Å²) in [5.74, 6) is -12.2. The van der Waals surface area contributed by atoms with Crippen molar-refractivity contribution in [1.29, 1.82) is 0 Å². The number of aliphatic imine (C=N–C) groups is 2. The van der Waals surface area contributed by atoms with Gasteiger partial charge in [-0.3, -0.25) is 68.0 Å². The van der Waals surface area contributed by atoms with Crippen molar-refractivity contribution in [3.8, 4) is 0 Å². The van der Waals surface area contributed by atoms with Gasteiger partial charge in [0, 0.05) is 32.8 Å². The zero-order valence-corrected chi connectivity index (χ0v) is 67.1. The molecular weight excluding hydrogens is 1580 g/mol. The summed E-state index contributed by atoms with van der Waals surface area (Å²) >= 11 is 4.42. The summed E-state index contributed by atoms with van der Waals surface area (Å²) in [7, 11) is 0. The van der Waals surface area contributed by atoms with E-state index in [0.29, 0.717) is 6.42 Å². The molecule has 0 saturated heterocycles. The monoisotopic (exact) mass is 1660 g/mol. The number of esters is 1. The van der Waals surface area contributed by atoms with Crippen LogP contribution in [0.5, 0.6) is 0 Å². The molecule has 13 bridgehead atoms. The normalized spacial score (nSPS) is 26.9. The van der Waals surface area contributed by atoms with E-state index in [1.807, 2.05) is 0 Å². The van der Waals surface area contributed by atoms with Gasteiger partial charge in [-0.15, -0.1) is 57.1 Å². The molecule has 5 aromatic heterocycles. The molecule has 114 heavy (non-hydrogen) atoms. The summed E-state index contributed by atoms with van der Waals surface area (Å²) in [6, 6.07) is -11.6. The van der Waals surface area contributed by atoms with Gasteiger partial charge >= 0.3 is 5.97 Å². The number of carbonyl (C=O) groups is 12. The van der Waals surface area contributed by atoms with Gasteiger partial charge in [0.2, 0.25) is 29.5 Å². The quantitative estimate of drug-likeness (QED) is 0.0606. The van der Waals surface area contributed by atoms with Crippen molar-refractivity contribution in [2.75, 3.05) is 5.75 Å². The summed E-state index contributed by atoms with van der Waals surface area (Å²) in [6.45, 7) is 24.9. The minimum atomic E-state index is -2.21. The first kappa shape index (κ1) is 85.9. The Hall–Kier alpha value is -10.5. The van der Waals surface area contributed by atoms with E-state index in [9.17, 15) is 68.7 Å². The molecular formula is C72H85N19O18S5. The number of aromatic nitrogens is 5. The fraction of sp³-hybridized carbons (Fsp3) is 0.431. The average molecular weight is 1660 g/mol. The number of nitrogens with zero attached hydrogens (tertiary/aromatic N) is 7. The molecule has 0 fully saturated rings. The maximum absolute atomic E-state index is 15.4. The zero-order valence-electron chi connectivity index (χ0n) is 63.0.